The van der Waals surface area contributed by atoms with Crippen LogP contribution in [0.5, 0.6) is 11.5 Å². The number of methoxy groups -OCH3 is 2. The first-order chi connectivity index (χ1) is 11.1. The van der Waals surface area contributed by atoms with Gasteiger partial charge in [-0.1, -0.05) is 34.1 Å². The Morgan fingerprint density at radius 1 is 1.00 bits per heavy atom. The molecule has 0 aliphatic heterocycles. The molecule has 1 N–H and O–H groups in total. The zero-order chi connectivity index (χ0) is 16.7. The molecule has 23 heavy (non-hydrogen) atoms. The summed E-state index contributed by atoms with van der Waals surface area (Å²) in [5, 5.41) is 2.94. The number of nitrogens with one attached hydrogen (secondary N) is 1. The lowest BCUT2D eigenvalue weighted by Crippen LogP contribution is -2.27. The predicted molar refractivity (Wildman–Crippen MR) is 94.1 cm³/mol. The lowest BCUT2D eigenvalue weighted by molar-refractivity contribution is -0.120. The van der Waals surface area contributed by atoms with E-state index in [2.05, 4.69) is 21.2 Å². The van der Waals surface area contributed by atoms with Gasteiger partial charge in [0.25, 0.3) is 0 Å². The molecule has 0 heterocycles. The molecule has 0 fully saturated rings. The van der Waals surface area contributed by atoms with E-state index in [-0.39, 0.29) is 5.91 Å². The van der Waals surface area contributed by atoms with Crippen molar-refractivity contribution in [3.63, 3.8) is 0 Å². The average molecular weight is 378 g/mol. The minimum Gasteiger partial charge on any atom is -0.493 e. The van der Waals surface area contributed by atoms with Gasteiger partial charge in [-0.05, 0) is 41.8 Å². The number of hydrogen-bond donors (Lipinski definition) is 1. The normalized spacial score (nSPS) is 10.2. The smallest absolute Gasteiger partial charge is 0.224 e. The van der Waals surface area contributed by atoms with Crippen LogP contribution in [-0.4, -0.2) is 26.7 Å². The highest BCUT2D eigenvalue weighted by Gasteiger charge is 2.06. The van der Waals surface area contributed by atoms with Gasteiger partial charge in [-0.15, -0.1) is 0 Å². The summed E-state index contributed by atoms with van der Waals surface area (Å²) in [5.41, 5.74) is 2.09. The summed E-state index contributed by atoms with van der Waals surface area (Å²) in [7, 11) is 3.22. The molecule has 0 unspecified atom stereocenters. The Bertz CT molecular complexity index is 656. The van der Waals surface area contributed by atoms with Crippen molar-refractivity contribution in [3.8, 4) is 11.5 Å². The number of amides is 1. The highest BCUT2D eigenvalue weighted by molar-refractivity contribution is 9.10. The van der Waals surface area contributed by atoms with Crippen LogP contribution >= 0.6 is 15.9 Å². The summed E-state index contributed by atoms with van der Waals surface area (Å²) in [6.07, 6.45) is 1.13. The van der Waals surface area contributed by atoms with Gasteiger partial charge >= 0.3 is 0 Å². The van der Waals surface area contributed by atoms with Crippen LogP contribution in [0.3, 0.4) is 0 Å². The number of carbonyl (C=O) groups is 1. The molecule has 0 atom stereocenters. The number of rotatable bonds is 7. The maximum absolute atomic E-state index is 11.9. The minimum absolute atomic E-state index is 0.0211. The SMILES string of the molecule is COc1ccc(CCNC(=O)Cc2ccc(Br)cc2)cc1OC. The third kappa shape index (κ3) is 5.28. The molecule has 2 rings (SSSR count). The van der Waals surface area contributed by atoms with Gasteiger partial charge in [0.15, 0.2) is 11.5 Å². The Morgan fingerprint density at radius 3 is 2.30 bits per heavy atom. The summed E-state index contributed by atoms with van der Waals surface area (Å²) in [6, 6.07) is 13.5. The molecular weight excluding hydrogens is 358 g/mol. The van der Waals surface area contributed by atoms with Gasteiger partial charge < -0.3 is 14.8 Å². The molecule has 0 radical (unpaired) electrons. The van der Waals surface area contributed by atoms with Gasteiger partial charge in [-0.2, -0.15) is 0 Å². The van der Waals surface area contributed by atoms with Gasteiger partial charge in [-0.25, -0.2) is 0 Å². The number of benzene rings is 2. The summed E-state index contributed by atoms with van der Waals surface area (Å²) >= 11 is 3.38. The number of halogens is 1. The summed E-state index contributed by atoms with van der Waals surface area (Å²) in [5.74, 6) is 1.43. The predicted octanol–water partition coefficient (Wildman–Crippen LogP) is 3.37. The second-order valence-corrected chi connectivity index (χ2v) is 6.01. The molecule has 0 saturated carbocycles. The topological polar surface area (TPSA) is 47.6 Å². The van der Waals surface area contributed by atoms with Crippen molar-refractivity contribution in [1.29, 1.82) is 0 Å². The first kappa shape index (κ1) is 17.3. The Morgan fingerprint density at radius 2 is 1.65 bits per heavy atom. The summed E-state index contributed by atoms with van der Waals surface area (Å²) < 4.78 is 11.5. The molecule has 0 aliphatic rings. The van der Waals surface area contributed by atoms with Crippen molar-refractivity contribution >= 4 is 21.8 Å². The first-order valence-electron chi connectivity index (χ1n) is 7.34. The van der Waals surface area contributed by atoms with E-state index < -0.39 is 0 Å². The summed E-state index contributed by atoms with van der Waals surface area (Å²) in [4.78, 5) is 11.9. The molecule has 2 aromatic rings. The van der Waals surface area contributed by atoms with Gasteiger partial charge in [0.1, 0.15) is 0 Å². The highest BCUT2D eigenvalue weighted by atomic mass is 79.9. The van der Waals surface area contributed by atoms with Crippen molar-refractivity contribution in [2.24, 2.45) is 0 Å². The van der Waals surface area contributed by atoms with E-state index in [4.69, 9.17) is 9.47 Å². The Labute approximate surface area is 144 Å². The Kier molecular flexibility index (Phi) is 6.47. The molecular formula is C18H20BrNO3. The monoisotopic (exact) mass is 377 g/mol. The van der Waals surface area contributed by atoms with E-state index in [1.54, 1.807) is 14.2 Å². The van der Waals surface area contributed by atoms with Crippen molar-refractivity contribution in [3.05, 3.63) is 58.1 Å². The van der Waals surface area contributed by atoms with Crippen LogP contribution in [-0.2, 0) is 17.6 Å². The van der Waals surface area contributed by atoms with E-state index in [0.29, 0.717) is 24.5 Å². The van der Waals surface area contributed by atoms with Crippen LogP contribution in [0.1, 0.15) is 11.1 Å². The third-order valence-corrected chi connectivity index (χ3v) is 3.99. The average Bonchev–Trinajstić information content (AvgIpc) is 2.56. The molecule has 1 amide bonds. The highest BCUT2D eigenvalue weighted by Crippen LogP contribution is 2.27. The molecule has 0 bridgehead atoms. The lowest BCUT2D eigenvalue weighted by Gasteiger charge is -2.10. The van der Waals surface area contributed by atoms with Crippen LogP contribution in [0, 0.1) is 0 Å². The fourth-order valence-corrected chi connectivity index (χ4v) is 2.50. The van der Waals surface area contributed by atoms with Gasteiger partial charge in [0.2, 0.25) is 5.91 Å². The van der Waals surface area contributed by atoms with Crippen LogP contribution in [0.4, 0.5) is 0 Å². The zero-order valence-corrected chi connectivity index (χ0v) is 14.9. The second kappa shape index (κ2) is 8.58. The molecule has 2 aromatic carbocycles. The molecule has 4 nitrogen and oxygen atoms in total. The van der Waals surface area contributed by atoms with Crippen molar-refractivity contribution < 1.29 is 14.3 Å². The van der Waals surface area contributed by atoms with Crippen LogP contribution in [0.25, 0.3) is 0 Å². The van der Waals surface area contributed by atoms with Crippen molar-refractivity contribution in [2.45, 2.75) is 12.8 Å². The molecule has 0 saturated heterocycles. The van der Waals surface area contributed by atoms with E-state index >= 15 is 0 Å². The quantitative estimate of drug-likeness (QED) is 0.804. The molecule has 0 aliphatic carbocycles. The first-order valence-corrected chi connectivity index (χ1v) is 8.13. The molecule has 5 heteroatoms. The number of carbonyl (C=O) groups excluding carboxylic acids is 1. The van der Waals surface area contributed by atoms with E-state index in [1.165, 1.54) is 0 Å². The number of hydrogen-bond acceptors (Lipinski definition) is 3. The lowest BCUT2D eigenvalue weighted by atomic mass is 10.1. The standard InChI is InChI=1S/C18H20BrNO3/c1-22-16-8-5-14(11-17(16)23-2)9-10-20-18(21)12-13-3-6-15(19)7-4-13/h3-8,11H,9-10,12H2,1-2H3,(H,20,21). The second-order valence-electron chi connectivity index (χ2n) is 5.09. The number of ether oxygens (including phenoxy) is 2. The maximum atomic E-state index is 11.9. The summed E-state index contributed by atoms with van der Waals surface area (Å²) in [6.45, 7) is 0.588. The third-order valence-electron chi connectivity index (χ3n) is 3.46. The largest absolute Gasteiger partial charge is 0.493 e. The van der Waals surface area contributed by atoms with E-state index in [1.807, 2.05) is 42.5 Å². The van der Waals surface area contributed by atoms with Gasteiger partial charge in [0.05, 0.1) is 20.6 Å². The maximum Gasteiger partial charge on any atom is 0.224 e. The van der Waals surface area contributed by atoms with Crippen LogP contribution in [0.15, 0.2) is 46.9 Å². The Balaban J connectivity index is 1.82. The molecule has 0 aromatic heterocycles. The Hall–Kier alpha value is -2.01. The van der Waals surface area contributed by atoms with E-state index in [0.717, 1.165) is 22.0 Å². The van der Waals surface area contributed by atoms with E-state index in [9.17, 15) is 4.79 Å². The fourth-order valence-electron chi connectivity index (χ4n) is 2.23. The van der Waals surface area contributed by atoms with Crippen molar-refractivity contribution in [1.82, 2.24) is 5.32 Å². The van der Waals surface area contributed by atoms with Gasteiger partial charge in [0, 0.05) is 11.0 Å². The zero-order valence-electron chi connectivity index (χ0n) is 13.3. The van der Waals surface area contributed by atoms with Crippen LogP contribution in [0.2, 0.25) is 0 Å². The van der Waals surface area contributed by atoms with Crippen LogP contribution < -0.4 is 14.8 Å². The van der Waals surface area contributed by atoms with Gasteiger partial charge in [-0.3, -0.25) is 4.79 Å². The fraction of sp³-hybridized carbons (Fsp3) is 0.278. The molecule has 0 spiro atoms. The molecule has 122 valence electrons. The minimum atomic E-state index is 0.0211. The van der Waals surface area contributed by atoms with Crippen molar-refractivity contribution in [2.75, 3.05) is 20.8 Å².